The van der Waals surface area contributed by atoms with Crippen molar-refractivity contribution in [1.29, 1.82) is 0 Å². The van der Waals surface area contributed by atoms with Crippen LogP contribution in [0, 0.1) is 0 Å². The van der Waals surface area contributed by atoms with E-state index in [2.05, 4.69) is 0 Å². The van der Waals surface area contributed by atoms with E-state index in [-0.39, 0.29) is 0 Å². The molecule has 0 saturated heterocycles. The Morgan fingerprint density at radius 1 is 0.833 bits per heavy atom. The van der Waals surface area contributed by atoms with Gasteiger partial charge in [0, 0.05) is 15.9 Å². The molecule has 0 aromatic heterocycles. The van der Waals surface area contributed by atoms with Crippen LogP contribution in [0.3, 0.4) is 0 Å². The summed E-state index contributed by atoms with van der Waals surface area (Å²) in [5.41, 5.74) is 0. The molecule has 0 aliphatic rings. The number of alkyl halides is 9. The molecule has 110 valence electrons. The summed E-state index contributed by atoms with van der Waals surface area (Å²) < 4.78 is 130. The second kappa shape index (κ2) is 4.40. The van der Waals surface area contributed by atoms with Crippen LogP contribution in [-0.4, -0.2) is 30.7 Å². The van der Waals surface area contributed by atoms with Crippen LogP contribution in [0.5, 0.6) is 0 Å². The topological polar surface area (TPSA) is 43.4 Å². The van der Waals surface area contributed by atoms with Gasteiger partial charge < -0.3 is 0 Å². The lowest BCUT2D eigenvalue weighted by Gasteiger charge is -2.28. The summed E-state index contributed by atoms with van der Waals surface area (Å²) in [6.07, 6.45) is -13.0. The average molecular weight is 379 g/mol. The zero-order valence-electron chi connectivity index (χ0n) is 7.41. The van der Waals surface area contributed by atoms with Crippen molar-refractivity contribution in [3.63, 3.8) is 0 Å². The van der Waals surface area contributed by atoms with Crippen LogP contribution >= 0.6 is 15.9 Å². The van der Waals surface area contributed by atoms with Crippen LogP contribution in [0.2, 0.25) is 0 Å². The molecular formula is C4BrF9O3S. The van der Waals surface area contributed by atoms with E-state index in [4.69, 9.17) is 0 Å². The summed E-state index contributed by atoms with van der Waals surface area (Å²) in [6, 6.07) is 0. The Balaban J connectivity index is 5.47. The maximum absolute atomic E-state index is 12.3. The lowest BCUT2D eigenvalue weighted by atomic mass is 10.6. The standard InChI is InChI=1S/C4BrF9O3S/c5-1(6,7)2(8,9)17-3(10,11)4(12,13)18(14,15)16. The van der Waals surface area contributed by atoms with Crippen molar-refractivity contribution in [2.24, 2.45) is 0 Å². The highest BCUT2D eigenvalue weighted by atomic mass is 79.9. The third-order valence-electron chi connectivity index (χ3n) is 1.23. The quantitative estimate of drug-likeness (QED) is 0.419. The maximum atomic E-state index is 12.3. The van der Waals surface area contributed by atoms with Crippen molar-refractivity contribution >= 4 is 26.2 Å². The van der Waals surface area contributed by atoms with E-state index >= 15 is 0 Å². The molecule has 0 heterocycles. The van der Waals surface area contributed by atoms with E-state index in [1.54, 1.807) is 4.74 Å². The van der Waals surface area contributed by atoms with Crippen molar-refractivity contribution in [2.45, 2.75) is 22.3 Å². The van der Waals surface area contributed by atoms with Crippen molar-refractivity contribution in [3.8, 4) is 0 Å². The predicted molar refractivity (Wildman–Crippen MR) is 39.8 cm³/mol. The highest BCUT2D eigenvalue weighted by Crippen LogP contribution is 2.48. The predicted octanol–water partition coefficient (Wildman–Crippen LogP) is 3.07. The molecule has 0 aliphatic carbocycles. The van der Waals surface area contributed by atoms with Gasteiger partial charge in [0.05, 0.1) is 0 Å². The zero-order chi connectivity index (χ0) is 15.2. The van der Waals surface area contributed by atoms with Gasteiger partial charge in [-0.2, -0.15) is 43.5 Å². The lowest BCUT2D eigenvalue weighted by Crippen LogP contribution is -2.53. The molecule has 0 radical (unpaired) electrons. The molecule has 0 aliphatic heterocycles. The molecule has 0 unspecified atom stereocenters. The van der Waals surface area contributed by atoms with Gasteiger partial charge in [0.2, 0.25) is 0 Å². The van der Waals surface area contributed by atoms with Gasteiger partial charge in [-0.25, -0.2) is 4.74 Å². The molecule has 0 spiro atoms. The van der Waals surface area contributed by atoms with E-state index in [9.17, 15) is 47.4 Å². The first-order chi connectivity index (χ1) is 7.46. The molecule has 0 N–H and O–H groups in total. The van der Waals surface area contributed by atoms with Crippen LogP contribution in [0.4, 0.5) is 39.0 Å². The summed E-state index contributed by atoms with van der Waals surface area (Å²) in [5.74, 6) is 0. The molecule has 14 heteroatoms. The highest BCUT2D eigenvalue weighted by molar-refractivity contribution is 9.10. The Morgan fingerprint density at radius 2 is 1.17 bits per heavy atom. The minimum absolute atomic E-state index is 0.840. The maximum Gasteiger partial charge on any atom is 0.464 e. The molecule has 18 heavy (non-hydrogen) atoms. The second-order valence-corrected chi connectivity index (χ2v) is 4.97. The van der Waals surface area contributed by atoms with Gasteiger partial charge in [0.15, 0.2) is 0 Å². The van der Waals surface area contributed by atoms with E-state index in [1.807, 2.05) is 0 Å². The fourth-order valence-corrected chi connectivity index (χ4v) is 0.827. The minimum Gasteiger partial charge on any atom is -0.244 e. The first-order valence-corrected chi connectivity index (χ1v) is 5.48. The Morgan fingerprint density at radius 3 is 1.39 bits per heavy atom. The largest absolute Gasteiger partial charge is 0.464 e. The third kappa shape index (κ3) is 3.20. The van der Waals surface area contributed by atoms with Crippen molar-refractivity contribution < 1.29 is 52.2 Å². The highest BCUT2D eigenvalue weighted by Gasteiger charge is 2.74. The van der Waals surface area contributed by atoms with Gasteiger partial charge in [0.25, 0.3) is 0 Å². The summed E-state index contributed by atoms with van der Waals surface area (Å²) in [5, 5.41) is -6.78. The molecule has 0 atom stereocenters. The van der Waals surface area contributed by atoms with Gasteiger partial charge in [-0.3, -0.25) is 0 Å². The summed E-state index contributed by atoms with van der Waals surface area (Å²) >= 11 is 0.840. The zero-order valence-corrected chi connectivity index (χ0v) is 9.82. The van der Waals surface area contributed by atoms with Crippen LogP contribution < -0.4 is 0 Å². The van der Waals surface area contributed by atoms with Gasteiger partial charge in [-0.1, -0.05) is 3.89 Å². The summed E-state index contributed by atoms with van der Waals surface area (Å²) in [6.45, 7) is 0. The summed E-state index contributed by atoms with van der Waals surface area (Å²) in [4.78, 5) is -5.53. The van der Waals surface area contributed by atoms with Crippen LogP contribution in [0.25, 0.3) is 0 Å². The van der Waals surface area contributed by atoms with Crippen molar-refractivity contribution in [2.75, 3.05) is 0 Å². The SMILES string of the molecule is O=S(=O)(F)C(F)(F)C(F)(F)OC(F)(F)C(F)(F)Br. The fourth-order valence-electron chi connectivity index (χ4n) is 0.420. The molecule has 0 aromatic carbocycles. The molecule has 0 rings (SSSR count). The number of ether oxygens (including phenoxy) is 1. The number of hydrogen-bond acceptors (Lipinski definition) is 3. The smallest absolute Gasteiger partial charge is 0.244 e. The van der Waals surface area contributed by atoms with Crippen LogP contribution in [0.15, 0.2) is 0 Å². The Hall–Kier alpha value is -0.240. The molecule has 0 fully saturated rings. The van der Waals surface area contributed by atoms with E-state index in [0.717, 1.165) is 15.9 Å². The molecule has 3 nitrogen and oxygen atoms in total. The van der Waals surface area contributed by atoms with Crippen LogP contribution in [-0.2, 0) is 15.0 Å². The molecule has 0 bridgehead atoms. The lowest BCUT2D eigenvalue weighted by molar-refractivity contribution is -0.440. The Bertz CT molecular complexity index is 412. The minimum atomic E-state index is -7.38. The number of rotatable bonds is 5. The second-order valence-electron chi connectivity index (χ2n) is 2.59. The van der Waals surface area contributed by atoms with Crippen molar-refractivity contribution in [1.82, 2.24) is 0 Å². The number of hydrogen-bond donors (Lipinski definition) is 0. The molecule has 0 amide bonds. The van der Waals surface area contributed by atoms with Gasteiger partial charge in [-0.15, -0.1) is 0 Å². The Kier molecular flexibility index (Phi) is 4.34. The molecule has 0 saturated carbocycles. The first-order valence-electron chi connectivity index (χ1n) is 3.30. The van der Waals surface area contributed by atoms with E-state index in [1.165, 1.54) is 0 Å². The monoisotopic (exact) mass is 378 g/mol. The van der Waals surface area contributed by atoms with Gasteiger partial charge >= 0.3 is 32.5 Å². The van der Waals surface area contributed by atoms with Gasteiger partial charge in [-0.05, 0) is 0 Å². The van der Waals surface area contributed by atoms with E-state index in [0.29, 0.717) is 0 Å². The normalized spacial score (nSPS) is 15.9. The Labute approximate surface area is 101 Å². The third-order valence-corrected chi connectivity index (χ3v) is 2.54. The van der Waals surface area contributed by atoms with E-state index < -0.39 is 32.5 Å². The van der Waals surface area contributed by atoms with Gasteiger partial charge in [0.1, 0.15) is 0 Å². The number of halogens is 10. The van der Waals surface area contributed by atoms with Crippen LogP contribution in [0.1, 0.15) is 0 Å². The van der Waals surface area contributed by atoms with Crippen molar-refractivity contribution in [3.05, 3.63) is 0 Å². The summed E-state index contributed by atoms with van der Waals surface area (Å²) in [7, 11) is -7.38. The fraction of sp³-hybridized carbons (Fsp3) is 1.00. The molecular weight excluding hydrogens is 379 g/mol. The molecule has 0 aromatic rings. The average Bonchev–Trinajstić information content (AvgIpc) is 1.96. The first kappa shape index (κ1) is 17.8.